The van der Waals surface area contributed by atoms with Crippen LogP contribution >= 0.6 is 0 Å². The number of aryl methyl sites for hydroxylation is 2. The van der Waals surface area contributed by atoms with Gasteiger partial charge in [-0.15, -0.1) is 0 Å². The maximum Gasteiger partial charge on any atom is 0.317 e. The quantitative estimate of drug-likeness (QED) is 0.137. The molecule has 5 rings (SSSR count). The first kappa shape index (κ1) is 33.6. The van der Waals surface area contributed by atoms with Crippen LogP contribution in [0.15, 0.2) is 108 Å². The van der Waals surface area contributed by atoms with E-state index in [1.54, 1.807) is 24.3 Å². The lowest BCUT2D eigenvalue weighted by molar-refractivity contribution is -0.181. The summed E-state index contributed by atoms with van der Waals surface area (Å²) in [4.78, 5) is 32.2. The summed E-state index contributed by atoms with van der Waals surface area (Å²) in [7, 11) is -4.07. The van der Waals surface area contributed by atoms with Crippen LogP contribution in [0.2, 0.25) is 0 Å². The molecule has 1 unspecified atom stereocenters. The Morgan fingerprint density at radius 1 is 0.915 bits per heavy atom. The van der Waals surface area contributed by atoms with Gasteiger partial charge in [-0.3, -0.25) is 14.3 Å². The van der Waals surface area contributed by atoms with Gasteiger partial charge in [0.25, 0.3) is 10.0 Å². The van der Waals surface area contributed by atoms with E-state index in [9.17, 15) is 18.0 Å². The van der Waals surface area contributed by atoms with Crippen LogP contribution in [0, 0.1) is 22.7 Å². The van der Waals surface area contributed by atoms with E-state index in [2.05, 4.69) is 9.71 Å². The molecule has 2 heterocycles. The van der Waals surface area contributed by atoms with E-state index in [0.29, 0.717) is 31.2 Å². The van der Waals surface area contributed by atoms with Crippen molar-refractivity contribution in [1.82, 2.24) is 4.98 Å². The minimum atomic E-state index is -4.07. The molecule has 1 aliphatic rings. The summed E-state index contributed by atoms with van der Waals surface area (Å²) in [5.74, 6) is -2.35. The Bertz CT molecular complexity index is 1800. The number of Topliss-reactive ketones (excluding diaryl/α,β-unsaturated/α-hetero) is 1. The Kier molecular flexibility index (Phi) is 9.92. The maximum absolute atomic E-state index is 14.2. The van der Waals surface area contributed by atoms with Crippen LogP contribution in [0.3, 0.4) is 0 Å². The fourth-order valence-corrected chi connectivity index (χ4v) is 7.41. The van der Waals surface area contributed by atoms with Crippen LogP contribution in [0.5, 0.6) is 0 Å². The number of carbonyl (C=O) groups is 2. The second-order valence-corrected chi connectivity index (χ2v) is 14.9. The third-order valence-corrected chi connectivity index (χ3v) is 10.0. The summed E-state index contributed by atoms with van der Waals surface area (Å²) in [6.07, 6.45) is 3.68. The number of cyclic esters (lactones) is 1. The third-order valence-electron chi connectivity index (χ3n) is 8.74. The average molecular weight is 650 g/mol. The number of ether oxygens (including phenoxy) is 1. The van der Waals surface area contributed by atoms with E-state index in [-0.39, 0.29) is 28.5 Å². The first-order chi connectivity index (χ1) is 22.4. The topological polar surface area (TPSA) is 126 Å². The highest BCUT2D eigenvalue weighted by Gasteiger charge is 2.51. The molecule has 1 fully saturated rings. The molecule has 3 aromatic carbocycles. The molecule has 0 spiro atoms. The molecule has 0 aliphatic carbocycles. The van der Waals surface area contributed by atoms with Gasteiger partial charge < -0.3 is 4.74 Å². The molecular weight excluding hydrogens is 611 g/mol. The predicted octanol–water partition coefficient (Wildman–Crippen LogP) is 7.02. The molecule has 0 radical (unpaired) electrons. The summed E-state index contributed by atoms with van der Waals surface area (Å²) in [5, 5.41) is 8.79. The van der Waals surface area contributed by atoms with Crippen molar-refractivity contribution in [3.05, 3.63) is 126 Å². The number of hydrogen-bond donors (Lipinski definition) is 1. The SMILES string of the molecule is CC(C)(C)[C@H](c1cccc(NS(=O)(=O)c2ccc(C#N)cn2)c1)C1C(=O)CC(CCc2ccccc2)(CCc2ccccc2)OC1=O. The number of aromatic nitrogens is 1. The fourth-order valence-electron chi connectivity index (χ4n) is 6.43. The Balaban J connectivity index is 1.41. The second kappa shape index (κ2) is 13.9. The summed E-state index contributed by atoms with van der Waals surface area (Å²) >= 11 is 0. The number of sulfonamides is 1. The highest BCUT2D eigenvalue weighted by molar-refractivity contribution is 7.92. The number of pyridine rings is 1. The van der Waals surface area contributed by atoms with Crippen molar-refractivity contribution >= 4 is 27.5 Å². The Morgan fingerprint density at radius 2 is 1.53 bits per heavy atom. The van der Waals surface area contributed by atoms with E-state index in [1.165, 1.54) is 18.3 Å². The Hall–Kier alpha value is -4.81. The van der Waals surface area contributed by atoms with Gasteiger partial charge >= 0.3 is 5.97 Å². The minimum Gasteiger partial charge on any atom is -0.458 e. The molecular formula is C38H39N3O5S. The number of carbonyl (C=O) groups excluding carboxylic acids is 2. The normalized spacial score (nSPS) is 16.9. The number of anilines is 1. The standard InChI is InChI=1S/C38H39N3O5S/c1-37(2,3)35(30-15-10-16-31(23-30)41-47(44,45)33-18-17-29(25-39)26-40-33)34-32(42)24-38(46-36(34)43,21-19-27-11-6-4-7-12-27)22-20-28-13-8-5-9-14-28/h4-18,23,26,34-35,41H,19-22,24H2,1-3H3/t34?,35-/m1/s1. The summed E-state index contributed by atoms with van der Waals surface area (Å²) < 4.78 is 35.1. The number of esters is 1. The van der Waals surface area contributed by atoms with Crippen molar-refractivity contribution in [2.24, 2.45) is 11.3 Å². The molecule has 0 bridgehead atoms. The van der Waals surface area contributed by atoms with Crippen LogP contribution in [0.1, 0.15) is 68.2 Å². The maximum atomic E-state index is 14.2. The molecule has 2 atom stereocenters. The van der Waals surface area contributed by atoms with Crippen molar-refractivity contribution < 1.29 is 22.7 Å². The average Bonchev–Trinajstić information content (AvgIpc) is 3.05. The number of ketones is 1. The number of nitrogens with one attached hydrogen (secondary N) is 1. The highest BCUT2D eigenvalue weighted by atomic mass is 32.2. The molecule has 47 heavy (non-hydrogen) atoms. The van der Waals surface area contributed by atoms with Crippen LogP contribution in [-0.2, 0) is 37.2 Å². The Morgan fingerprint density at radius 3 is 2.04 bits per heavy atom. The van der Waals surface area contributed by atoms with E-state index >= 15 is 0 Å². The fraction of sp³-hybridized carbons (Fsp3) is 0.316. The van der Waals surface area contributed by atoms with Gasteiger partial charge in [0.1, 0.15) is 17.6 Å². The summed E-state index contributed by atoms with van der Waals surface area (Å²) in [5.41, 5.74) is 1.87. The van der Waals surface area contributed by atoms with Crippen molar-refractivity contribution in [2.45, 2.75) is 69.4 Å². The molecule has 1 N–H and O–H groups in total. The lowest BCUT2D eigenvalue weighted by atomic mass is 9.65. The van der Waals surface area contributed by atoms with Crippen molar-refractivity contribution in [2.75, 3.05) is 4.72 Å². The smallest absolute Gasteiger partial charge is 0.317 e. The van der Waals surface area contributed by atoms with Crippen LogP contribution < -0.4 is 4.72 Å². The third kappa shape index (κ3) is 8.13. The van der Waals surface area contributed by atoms with E-state index in [0.717, 1.165) is 11.1 Å². The molecule has 4 aromatic rings. The first-order valence-electron chi connectivity index (χ1n) is 15.7. The number of nitriles is 1. The monoisotopic (exact) mass is 649 g/mol. The van der Waals surface area contributed by atoms with Gasteiger partial charge in [0.05, 0.1) is 5.56 Å². The van der Waals surface area contributed by atoms with Gasteiger partial charge in [-0.1, -0.05) is 93.6 Å². The molecule has 0 saturated carbocycles. The minimum absolute atomic E-state index is 0.104. The molecule has 1 saturated heterocycles. The lowest BCUT2D eigenvalue weighted by Crippen LogP contribution is -2.51. The number of rotatable bonds is 11. The lowest BCUT2D eigenvalue weighted by Gasteiger charge is -2.44. The zero-order chi connectivity index (χ0) is 33.7. The number of benzene rings is 3. The summed E-state index contributed by atoms with van der Waals surface area (Å²) in [6, 6.07) is 31.3. The van der Waals surface area contributed by atoms with E-state index in [4.69, 9.17) is 10.00 Å². The van der Waals surface area contributed by atoms with Gasteiger partial charge in [0, 0.05) is 24.2 Å². The van der Waals surface area contributed by atoms with Crippen molar-refractivity contribution in [1.29, 1.82) is 5.26 Å². The van der Waals surface area contributed by atoms with Gasteiger partial charge in [0.15, 0.2) is 10.8 Å². The predicted molar refractivity (Wildman–Crippen MR) is 180 cm³/mol. The summed E-state index contributed by atoms with van der Waals surface area (Å²) in [6.45, 7) is 5.88. The number of hydrogen-bond acceptors (Lipinski definition) is 7. The highest BCUT2D eigenvalue weighted by Crippen LogP contribution is 2.47. The van der Waals surface area contributed by atoms with Crippen molar-refractivity contribution in [3.8, 4) is 6.07 Å². The van der Waals surface area contributed by atoms with Gasteiger partial charge in [-0.25, -0.2) is 4.98 Å². The van der Waals surface area contributed by atoms with Gasteiger partial charge in [-0.05, 0) is 72.1 Å². The van der Waals surface area contributed by atoms with E-state index < -0.39 is 38.8 Å². The molecule has 1 aromatic heterocycles. The van der Waals surface area contributed by atoms with E-state index in [1.807, 2.05) is 87.5 Å². The van der Waals surface area contributed by atoms with Gasteiger partial charge in [0.2, 0.25) is 0 Å². The van der Waals surface area contributed by atoms with Crippen LogP contribution in [0.25, 0.3) is 0 Å². The van der Waals surface area contributed by atoms with Crippen LogP contribution in [0.4, 0.5) is 5.69 Å². The molecule has 1 aliphatic heterocycles. The van der Waals surface area contributed by atoms with Crippen LogP contribution in [-0.4, -0.2) is 30.8 Å². The molecule has 8 nitrogen and oxygen atoms in total. The molecule has 242 valence electrons. The second-order valence-electron chi connectivity index (χ2n) is 13.3. The first-order valence-corrected chi connectivity index (χ1v) is 17.2. The Labute approximate surface area is 276 Å². The number of nitrogens with zero attached hydrogens (tertiary/aromatic N) is 2. The molecule has 9 heteroatoms. The van der Waals surface area contributed by atoms with Crippen molar-refractivity contribution in [3.63, 3.8) is 0 Å². The zero-order valence-corrected chi connectivity index (χ0v) is 27.7. The van der Waals surface area contributed by atoms with Gasteiger partial charge in [-0.2, -0.15) is 13.7 Å². The molecule has 0 amide bonds. The largest absolute Gasteiger partial charge is 0.458 e. The zero-order valence-electron chi connectivity index (χ0n) is 26.8.